The number of hydrogen-bond acceptors (Lipinski definition) is 3. The lowest BCUT2D eigenvalue weighted by molar-refractivity contribution is 0.371. The third-order valence-electron chi connectivity index (χ3n) is 4.01. The molecule has 0 atom stereocenters. The van der Waals surface area contributed by atoms with Crippen molar-refractivity contribution in [2.75, 3.05) is 44.7 Å². The van der Waals surface area contributed by atoms with Crippen LogP contribution < -0.4 is 10.2 Å². The van der Waals surface area contributed by atoms with Crippen molar-refractivity contribution in [3.8, 4) is 0 Å². The van der Waals surface area contributed by atoms with Crippen LogP contribution in [0.15, 0.2) is 29.4 Å². The van der Waals surface area contributed by atoms with E-state index in [0.717, 1.165) is 50.4 Å². The number of aromatic nitrogens is 1. The van der Waals surface area contributed by atoms with E-state index in [2.05, 4.69) is 31.2 Å². The number of guanidine groups is 1. The lowest BCUT2D eigenvalue weighted by Gasteiger charge is -2.37. The lowest BCUT2D eigenvalue weighted by atomic mass is 10.3. The van der Waals surface area contributed by atoms with Gasteiger partial charge in [-0.25, -0.2) is 4.98 Å². The molecule has 0 unspecified atom stereocenters. The predicted molar refractivity (Wildman–Crippen MR) is 97.5 cm³/mol. The van der Waals surface area contributed by atoms with Crippen LogP contribution in [0.3, 0.4) is 0 Å². The van der Waals surface area contributed by atoms with Crippen molar-refractivity contribution in [1.82, 2.24) is 15.2 Å². The molecule has 6 heteroatoms. The van der Waals surface area contributed by atoms with E-state index >= 15 is 0 Å². The zero-order valence-corrected chi connectivity index (χ0v) is 14.9. The molecule has 0 radical (unpaired) electrons. The van der Waals surface area contributed by atoms with Crippen LogP contribution in [0.25, 0.3) is 0 Å². The van der Waals surface area contributed by atoms with Crippen molar-refractivity contribution >= 4 is 35.8 Å². The highest BCUT2D eigenvalue weighted by atomic mass is 127. The Bertz CT molecular complexity index is 452. The first-order chi connectivity index (χ1) is 9.86. The highest BCUT2D eigenvalue weighted by Crippen LogP contribution is 2.27. The Balaban J connectivity index is 0.00000161. The van der Waals surface area contributed by atoms with Gasteiger partial charge in [0.1, 0.15) is 5.82 Å². The van der Waals surface area contributed by atoms with Gasteiger partial charge in [0.25, 0.3) is 0 Å². The summed E-state index contributed by atoms with van der Waals surface area (Å²) in [6.45, 7) is 5.08. The maximum absolute atomic E-state index is 4.42. The van der Waals surface area contributed by atoms with Crippen molar-refractivity contribution in [3.63, 3.8) is 0 Å². The molecule has 5 nitrogen and oxygen atoms in total. The minimum atomic E-state index is 0. The first-order valence-corrected chi connectivity index (χ1v) is 7.48. The number of piperazine rings is 1. The summed E-state index contributed by atoms with van der Waals surface area (Å²) in [5, 5.41) is 3.50. The highest BCUT2D eigenvalue weighted by Gasteiger charge is 2.24. The maximum Gasteiger partial charge on any atom is 0.193 e. The average molecular weight is 401 g/mol. The molecule has 0 amide bonds. The second-order valence-corrected chi connectivity index (χ2v) is 5.53. The van der Waals surface area contributed by atoms with Crippen LogP contribution in [0.2, 0.25) is 0 Å². The number of rotatable bonds is 3. The van der Waals surface area contributed by atoms with Gasteiger partial charge in [-0.1, -0.05) is 6.07 Å². The van der Waals surface area contributed by atoms with Gasteiger partial charge >= 0.3 is 0 Å². The minimum absolute atomic E-state index is 0. The predicted octanol–water partition coefficient (Wildman–Crippen LogP) is 1.81. The molecule has 2 aliphatic rings. The molecular formula is C15H24IN5. The van der Waals surface area contributed by atoms with E-state index in [9.17, 15) is 0 Å². The Morgan fingerprint density at radius 1 is 1.29 bits per heavy atom. The van der Waals surface area contributed by atoms with E-state index in [-0.39, 0.29) is 24.0 Å². The zero-order valence-electron chi connectivity index (χ0n) is 12.5. The largest absolute Gasteiger partial charge is 0.356 e. The summed E-state index contributed by atoms with van der Waals surface area (Å²) in [4.78, 5) is 13.5. The van der Waals surface area contributed by atoms with Crippen LogP contribution in [0, 0.1) is 5.92 Å². The standard InChI is InChI=1S/C15H23N5.HI/c1-16-15(18-12-13-5-6-13)20-10-8-19(9-11-20)14-4-2-3-7-17-14;/h2-4,7,13H,5-6,8-12H2,1H3,(H,16,18);1H. The van der Waals surface area contributed by atoms with Gasteiger partial charge in [0.2, 0.25) is 0 Å². The summed E-state index contributed by atoms with van der Waals surface area (Å²) in [6.07, 6.45) is 4.60. The number of anilines is 1. The molecule has 1 aromatic heterocycles. The topological polar surface area (TPSA) is 43.8 Å². The fraction of sp³-hybridized carbons (Fsp3) is 0.600. The fourth-order valence-electron chi connectivity index (χ4n) is 2.58. The molecule has 3 rings (SSSR count). The summed E-state index contributed by atoms with van der Waals surface area (Å²) in [7, 11) is 1.88. The molecule has 0 spiro atoms. The normalized spacial score (nSPS) is 19.2. The van der Waals surface area contributed by atoms with Crippen molar-refractivity contribution in [2.24, 2.45) is 10.9 Å². The van der Waals surface area contributed by atoms with Crippen molar-refractivity contribution in [3.05, 3.63) is 24.4 Å². The molecule has 116 valence electrons. The second kappa shape index (κ2) is 7.82. The van der Waals surface area contributed by atoms with E-state index in [1.54, 1.807) is 0 Å². The Morgan fingerprint density at radius 3 is 2.62 bits per heavy atom. The summed E-state index contributed by atoms with van der Waals surface area (Å²) >= 11 is 0. The molecule has 0 aromatic carbocycles. The van der Waals surface area contributed by atoms with E-state index in [0.29, 0.717) is 0 Å². The molecule has 1 saturated heterocycles. The van der Waals surface area contributed by atoms with Crippen molar-refractivity contribution < 1.29 is 0 Å². The number of nitrogens with zero attached hydrogens (tertiary/aromatic N) is 4. The van der Waals surface area contributed by atoms with E-state index in [4.69, 9.17) is 0 Å². The molecule has 0 bridgehead atoms. The summed E-state index contributed by atoms with van der Waals surface area (Å²) in [6, 6.07) is 6.09. The third kappa shape index (κ3) is 4.46. The van der Waals surface area contributed by atoms with Crippen LogP contribution in [0.4, 0.5) is 5.82 Å². The number of halogens is 1. The Labute approximate surface area is 143 Å². The summed E-state index contributed by atoms with van der Waals surface area (Å²) in [5.74, 6) is 3.01. The van der Waals surface area contributed by atoms with Gasteiger partial charge in [0, 0.05) is 46.0 Å². The first-order valence-electron chi connectivity index (χ1n) is 7.48. The number of hydrogen-bond donors (Lipinski definition) is 1. The molecule has 1 N–H and O–H groups in total. The van der Waals surface area contributed by atoms with Crippen LogP contribution in [-0.2, 0) is 0 Å². The molecule has 1 aliphatic heterocycles. The van der Waals surface area contributed by atoms with Gasteiger partial charge in [0.05, 0.1) is 0 Å². The second-order valence-electron chi connectivity index (χ2n) is 5.53. The van der Waals surface area contributed by atoms with Gasteiger partial charge in [-0.3, -0.25) is 4.99 Å². The quantitative estimate of drug-likeness (QED) is 0.477. The van der Waals surface area contributed by atoms with E-state index in [1.807, 2.05) is 25.4 Å². The summed E-state index contributed by atoms with van der Waals surface area (Å²) in [5.41, 5.74) is 0. The van der Waals surface area contributed by atoms with Crippen molar-refractivity contribution in [2.45, 2.75) is 12.8 Å². The van der Waals surface area contributed by atoms with Crippen LogP contribution in [0.1, 0.15) is 12.8 Å². The van der Waals surface area contributed by atoms with E-state index in [1.165, 1.54) is 12.8 Å². The lowest BCUT2D eigenvalue weighted by Crippen LogP contribution is -2.53. The minimum Gasteiger partial charge on any atom is -0.356 e. The first kappa shape index (κ1) is 16.3. The molecule has 21 heavy (non-hydrogen) atoms. The molecule has 2 fully saturated rings. The Kier molecular flexibility index (Phi) is 6.08. The Morgan fingerprint density at radius 2 is 2.05 bits per heavy atom. The molecule has 2 heterocycles. The number of aliphatic imine (C=N–C) groups is 1. The van der Waals surface area contributed by atoms with Crippen LogP contribution >= 0.6 is 24.0 Å². The van der Waals surface area contributed by atoms with Gasteiger partial charge in [-0.15, -0.1) is 24.0 Å². The van der Waals surface area contributed by atoms with Gasteiger partial charge in [-0.05, 0) is 30.9 Å². The van der Waals surface area contributed by atoms with Gasteiger partial charge in [0.15, 0.2) is 5.96 Å². The smallest absolute Gasteiger partial charge is 0.193 e. The Hall–Kier alpha value is -1.05. The maximum atomic E-state index is 4.42. The molecular weight excluding hydrogens is 377 g/mol. The third-order valence-corrected chi connectivity index (χ3v) is 4.01. The van der Waals surface area contributed by atoms with Gasteiger partial charge in [-0.2, -0.15) is 0 Å². The van der Waals surface area contributed by atoms with Gasteiger partial charge < -0.3 is 15.1 Å². The van der Waals surface area contributed by atoms with Crippen molar-refractivity contribution in [1.29, 1.82) is 0 Å². The number of nitrogens with one attached hydrogen (secondary N) is 1. The average Bonchev–Trinajstić information content (AvgIpc) is 3.34. The van der Waals surface area contributed by atoms with Crippen LogP contribution in [0.5, 0.6) is 0 Å². The number of pyridine rings is 1. The SMILES string of the molecule is CN=C(NCC1CC1)N1CCN(c2ccccn2)CC1.I. The zero-order chi connectivity index (χ0) is 13.8. The molecule has 1 aromatic rings. The van der Waals surface area contributed by atoms with Crippen LogP contribution in [-0.4, -0.2) is 55.6 Å². The van der Waals surface area contributed by atoms with E-state index < -0.39 is 0 Å². The monoisotopic (exact) mass is 401 g/mol. The highest BCUT2D eigenvalue weighted by molar-refractivity contribution is 14.0. The fourth-order valence-corrected chi connectivity index (χ4v) is 2.58. The molecule has 1 saturated carbocycles. The summed E-state index contributed by atoms with van der Waals surface area (Å²) < 4.78 is 0. The molecule has 1 aliphatic carbocycles.